The molecule has 2 aliphatic rings. The Morgan fingerprint density at radius 3 is 2.44 bits per heavy atom. The van der Waals surface area contributed by atoms with E-state index in [1.165, 1.54) is 25.7 Å². The van der Waals surface area contributed by atoms with Gasteiger partial charge >= 0.3 is 0 Å². The molecule has 1 heterocycles. The number of amides is 1. The molecule has 4 heteroatoms. The van der Waals surface area contributed by atoms with Crippen molar-refractivity contribution in [3.05, 3.63) is 29.6 Å². The van der Waals surface area contributed by atoms with Crippen LogP contribution in [0, 0.1) is 11.8 Å². The molecule has 2 saturated carbocycles. The first-order valence-electron chi connectivity index (χ1n) is 6.74. The second-order valence-electron chi connectivity index (χ2n) is 5.43. The van der Waals surface area contributed by atoms with Gasteiger partial charge in [-0.3, -0.25) is 9.78 Å². The van der Waals surface area contributed by atoms with E-state index in [1.807, 2.05) is 6.07 Å². The average molecular weight is 245 g/mol. The molecule has 96 valence electrons. The Kier molecular flexibility index (Phi) is 3.04. The van der Waals surface area contributed by atoms with E-state index < -0.39 is 0 Å². The molecule has 0 aromatic carbocycles. The van der Waals surface area contributed by atoms with Crippen LogP contribution >= 0.6 is 0 Å². The molecule has 2 aliphatic carbocycles. The van der Waals surface area contributed by atoms with E-state index in [-0.39, 0.29) is 5.91 Å². The van der Waals surface area contributed by atoms with E-state index in [1.54, 1.807) is 12.3 Å². The third-order valence-corrected chi connectivity index (χ3v) is 3.85. The first-order chi connectivity index (χ1) is 8.78. The number of hydrogen-bond donors (Lipinski definition) is 2. The van der Waals surface area contributed by atoms with Crippen molar-refractivity contribution in [2.75, 3.05) is 0 Å². The zero-order valence-electron chi connectivity index (χ0n) is 10.4. The molecular weight excluding hydrogens is 226 g/mol. The molecular formula is C14H19N3O. The number of carbonyl (C=O) groups is 1. The van der Waals surface area contributed by atoms with Crippen molar-refractivity contribution in [1.82, 2.24) is 10.3 Å². The number of aromatic nitrogens is 1. The number of hydrogen-bond acceptors (Lipinski definition) is 3. The van der Waals surface area contributed by atoms with E-state index in [9.17, 15) is 4.79 Å². The van der Waals surface area contributed by atoms with Crippen LogP contribution in [0.1, 0.15) is 41.7 Å². The van der Waals surface area contributed by atoms with Crippen LogP contribution in [0.25, 0.3) is 0 Å². The van der Waals surface area contributed by atoms with Gasteiger partial charge < -0.3 is 11.1 Å². The zero-order valence-corrected chi connectivity index (χ0v) is 10.4. The minimum Gasteiger partial charge on any atom is -0.347 e. The van der Waals surface area contributed by atoms with E-state index in [2.05, 4.69) is 10.3 Å². The molecule has 1 aromatic rings. The maximum atomic E-state index is 12.1. The van der Waals surface area contributed by atoms with Crippen molar-refractivity contribution in [2.24, 2.45) is 17.6 Å². The lowest BCUT2D eigenvalue weighted by Crippen LogP contribution is -2.38. The van der Waals surface area contributed by atoms with Gasteiger partial charge in [0.15, 0.2) is 0 Å². The van der Waals surface area contributed by atoms with Crippen LogP contribution in [0.3, 0.4) is 0 Å². The topological polar surface area (TPSA) is 68.0 Å². The van der Waals surface area contributed by atoms with Crippen LogP contribution in [0.4, 0.5) is 0 Å². The molecule has 0 unspecified atom stereocenters. The third kappa shape index (κ3) is 2.53. The van der Waals surface area contributed by atoms with Gasteiger partial charge in [0, 0.05) is 18.8 Å². The first kappa shape index (κ1) is 11.7. The summed E-state index contributed by atoms with van der Waals surface area (Å²) in [6, 6.07) is 4.01. The Hall–Kier alpha value is -1.42. The predicted octanol–water partition coefficient (Wildman–Crippen LogP) is 1.46. The van der Waals surface area contributed by atoms with Crippen molar-refractivity contribution in [1.29, 1.82) is 0 Å². The summed E-state index contributed by atoms with van der Waals surface area (Å²) in [6.07, 6.45) is 6.74. The molecule has 1 aromatic heterocycles. The Bertz CT molecular complexity index is 423. The Labute approximate surface area is 107 Å². The van der Waals surface area contributed by atoms with Gasteiger partial charge in [-0.05, 0) is 49.1 Å². The van der Waals surface area contributed by atoms with Crippen LogP contribution in [-0.4, -0.2) is 16.9 Å². The molecule has 0 atom stereocenters. The molecule has 0 radical (unpaired) electrons. The lowest BCUT2D eigenvalue weighted by Gasteiger charge is -2.17. The largest absolute Gasteiger partial charge is 0.347 e. The molecule has 18 heavy (non-hydrogen) atoms. The summed E-state index contributed by atoms with van der Waals surface area (Å²) in [5.41, 5.74) is 6.96. The van der Waals surface area contributed by atoms with Crippen molar-refractivity contribution < 1.29 is 4.79 Å². The molecule has 0 aliphatic heterocycles. The molecule has 0 bridgehead atoms. The van der Waals surface area contributed by atoms with E-state index in [4.69, 9.17) is 5.73 Å². The highest BCUT2D eigenvalue weighted by molar-refractivity contribution is 5.92. The smallest absolute Gasteiger partial charge is 0.270 e. The van der Waals surface area contributed by atoms with Gasteiger partial charge in [-0.15, -0.1) is 0 Å². The van der Waals surface area contributed by atoms with Gasteiger partial charge in [-0.1, -0.05) is 6.07 Å². The van der Waals surface area contributed by atoms with Gasteiger partial charge in [-0.25, -0.2) is 0 Å². The number of rotatable bonds is 5. The third-order valence-electron chi connectivity index (χ3n) is 3.85. The second-order valence-corrected chi connectivity index (χ2v) is 5.43. The van der Waals surface area contributed by atoms with E-state index in [0.29, 0.717) is 30.1 Å². The van der Waals surface area contributed by atoms with Crippen LogP contribution in [0.15, 0.2) is 18.3 Å². The number of nitrogens with zero attached hydrogens (tertiary/aromatic N) is 1. The summed E-state index contributed by atoms with van der Waals surface area (Å²) in [4.78, 5) is 16.3. The number of carbonyl (C=O) groups excluding carboxylic acids is 1. The monoisotopic (exact) mass is 245 g/mol. The standard InChI is InChI=1S/C14H19N3O/c15-7-9-1-6-12(16-8-9)14(18)17-13(10-2-3-10)11-4-5-11/h1,6,8,10-11,13H,2-5,7,15H2,(H,17,18). The summed E-state index contributed by atoms with van der Waals surface area (Å²) in [7, 11) is 0. The number of nitrogens with one attached hydrogen (secondary N) is 1. The highest BCUT2D eigenvalue weighted by Gasteiger charge is 2.42. The highest BCUT2D eigenvalue weighted by Crippen LogP contribution is 2.44. The number of nitrogens with two attached hydrogens (primary N) is 1. The van der Waals surface area contributed by atoms with Crippen molar-refractivity contribution >= 4 is 5.91 Å². The fourth-order valence-electron chi connectivity index (χ4n) is 2.44. The molecule has 3 rings (SSSR count). The molecule has 3 N–H and O–H groups in total. The second kappa shape index (κ2) is 4.69. The average Bonchev–Trinajstić information content (AvgIpc) is 3.29. The fraction of sp³-hybridized carbons (Fsp3) is 0.571. The van der Waals surface area contributed by atoms with Gasteiger partial charge in [0.05, 0.1) is 0 Å². The normalized spacial score (nSPS) is 19.0. The molecule has 0 spiro atoms. The minimum absolute atomic E-state index is 0.0395. The van der Waals surface area contributed by atoms with Gasteiger partial charge in [-0.2, -0.15) is 0 Å². The quantitative estimate of drug-likeness (QED) is 0.825. The SMILES string of the molecule is NCc1ccc(C(=O)NC(C2CC2)C2CC2)nc1. The van der Waals surface area contributed by atoms with E-state index >= 15 is 0 Å². The molecule has 1 amide bonds. The van der Waals surface area contributed by atoms with Crippen molar-refractivity contribution in [2.45, 2.75) is 38.3 Å². The fourth-order valence-corrected chi connectivity index (χ4v) is 2.44. The van der Waals surface area contributed by atoms with Crippen LogP contribution in [-0.2, 0) is 6.54 Å². The van der Waals surface area contributed by atoms with Crippen molar-refractivity contribution in [3.8, 4) is 0 Å². The van der Waals surface area contributed by atoms with Gasteiger partial charge in [0.25, 0.3) is 5.91 Å². The summed E-state index contributed by atoms with van der Waals surface area (Å²) >= 11 is 0. The first-order valence-corrected chi connectivity index (χ1v) is 6.74. The lowest BCUT2D eigenvalue weighted by molar-refractivity contribution is 0.0921. The summed E-state index contributed by atoms with van der Waals surface area (Å²) in [6.45, 7) is 0.460. The summed E-state index contributed by atoms with van der Waals surface area (Å²) < 4.78 is 0. The van der Waals surface area contributed by atoms with E-state index in [0.717, 1.165) is 5.56 Å². The molecule has 4 nitrogen and oxygen atoms in total. The van der Waals surface area contributed by atoms with Crippen molar-refractivity contribution in [3.63, 3.8) is 0 Å². The van der Waals surface area contributed by atoms with Gasteiger partial charge in [0.2, 0.25) is 0 Å². The van der Waals surface area contributed by atoms with Crippen LogP contribution < -0.4 is 11.1 Å². The maximum Gasteiger partial charge on any atom is 0.270 e. The Balaban J connectivity index is 1.65. The Morgan fingerprint density at radius 2 is 2.00 bits per heavy atom. The van der Waals surface area contributed by atoms with Crippen LogP contribution in [0.5, 0.6) is 0 Å². The predicted molar refractivity (Wildman–Crippen MR) is 68.8 cm³/mol. The maximum absolute atomic E-state index is 12.1. The molecule has 0 saturated heterocycles. The minimum atomic E-state index is -0.0395. The molecule has 2 fully saturated rings. The van der Waals surface area contributed by atoms with Gasteiger partial charge in [0.1, 0.15) is 5.69 Å². The highest BCUT2D eigenvalue weighted by atomic mass is 16.1. The summed E-state index contributed by atoms with van der Waals surface area (Å²) in [5.74, 6) is 1.39. The van der Waals surface area contributed by atoms with Crippen LogP contribution in [0.2, 0.25) is 0 Å². The summed E-state index contributed by atoms with van der Waals surface area (Å²) in [5, 5.41) is 3.16. The zero-order chi connectivity index (χ0) is 12.5. The number of pyridine rings is 1. The lowest BCUT2D eigenvalue weighted by atomic mass is 10.1. The Morgan fingerprint density at radius 1 is 1.33 bits per heavy atom.